The number of para-hydroxylation sites is 1. The summed E-state index contributed by atoms with van der Waals surface area (Å²) in [6.45, 7) is 12.0. The number of rotatable bonds is 6. The maximum absolute atomic E-state index is 5.33. The van der Waals surface area contributed by atoms with Gasteiger partial charge in [0.15, 0.2) is 0 Å². The Labute approximate surface area is 127 Å². The lowest BCUT2D eigenvalue weighted by atomic mass is 10.1. The maximum atomic E-state index is 5.33. The number of hydrogen-bond acceptors (Lipinski definition) is 2. The van der Waals surface area contributed by atoms with Gasteiger partial charge in [-0.1, -0.05) is 25.1 Å². The molecule has 116 valence electrons. The molecule has 1 atom stereocenters. The molecule has 1 heterocycles. The first kappa shape index (κ1) is 16.1. The van der Waals surface area contributed by atoms with Crippen molar-refractivity contribution in [3.8, 4) is 0 Å². The second-order valence-corrected chi connectivity index (χ2v) is 6.90. The van der Waals surface area contributed by atoms with E-state index < -0.39 is 0 Å². The van der Waals surface area contributed by atoms with Gasteiger partial charge in [0.1, 0.15) is 0 Å². The van der Waals surface area contributed by atoms with Crippen molar-refractivity contribution in [3.63, 3.8) is 0 Å². The van der Waals surface area contributed by atoms with Crippen LogP contribution in [-0.4, -0.2) is 16.8 Å². The predicted octanol–water partition coefficient (Wildman–Crippen LogP) is 4.72. The molecule has 1 aromatic heterocycles. The number of nitrogens with zero attached hydrogens (tertiary/aromatic N) is 1. The molecule has 2 rings (SSSR count). The molecule has 0 saturated carbocycles. The van der Waals surface area contributed by atoms with E-state index in [1.54, 1.807) is 0 Å². The van der Waals surface area contributed by atoms with E-state index >= 15 is 0 Å². The van der Waals surface area contributed by atoms with Gasteiger partial charge in [0.05, 0.1) is 12.2 Å². The van der Waals surface area contributed by atoms with Crippen molar-refractivity contribution in [2.75, 3.05) is 6.61 Å². The summed E-state index contributed by atoms with van der Waals surface area (Å²) in [7, 11) is 0. The Morgan fingerprint density at radius 1 is 1.19 bits per heavy atom. The second-order valence-electron chi connectivity index (χ2n) is 6.90. The lowest BCUT2D eigenvalue weighted by molar-refractivity contribution is -0.353. The third-order valence-electron chi connectivity index (χ3n) is 3.51. The number of aryl methyl sites for hydroxylation is 2. The first-order valence-corrected chi connectivity index (χ1v) is 7.72. The fourth-order valence-electron chi connectivity index (χ4n) is 2.39. The van der Waals surface area contributed by atoms with Gasteiger partial charge in [-0.25, -0.2) is 9.78 Å². The lowest BCUT2D eigenvalue weighted by Crippen LogP contribution is -2.21. The molecule has 0 bridgehead atoms. The van der Waals surface area contributed by atoms with Gasteiger partial charge in [-0.2, -0.15) is 0 Å². The molecule has 0 radical (unpaired) electrons. The SMILES string of the molecule is Cc1cn(CC[C@H](C)COOC(C)(C)C)c2ccccc12. The predicted molar refractivity (Wildman–Crippen MR) is 87.2 cm³/mol. The highest BCUT2D eigenvalue weighted by Gasteiger charge is 2.13. The molecule has 3 heteroatoms. The molecule has 0 spiro atoms. The van der Waals surface area contributed by atoms with Crippen LogP contribution >= 0.6 is 0 Å². The third-order valence-corrected chi connectivity index (χ3v) is 3.51. The summed E-state index contributed by atoms with van der Waals surface area (Å²) >= 11 is 0. The van der Waals surface area contributed by atoms with Crippen LogP contribution in [0.2, 0.25) is 0 Å². The Morgan fingerprint density at radius 3 is 2.62 bits per heavy atom. The van der Waals surface area contributed by atoms with E-state index in [2.05, 4.69) is 48.9 Å². The number of fused-ring (bicyclic) bond motifs is 1. The van der Waals surface area contributed by atoms with Gasteiger partial charge in [-0.15, -0.1) is 0 Å². The van der Waals surface area contributed by atoms with Crippen LogP contribution in [0.25, 0.3) is 10.9 Å². The number of benzene rings is 1. The Hall–Kier alpha value is -1.32. The van der Waals surface area contributed by atoms with Crippen molar-refractivity contribution >= 4 is 10.9 Å². The Kier molecular flexibility index (Phi) is 5.07. The van der Waals surface area contributed by atoms with Gasteiger partial charge in [-0.05, 0) is 51.7 Å². The molecule has 0 fully saturated rings. The first-order valence-electron chi connectivity index (χ1n) is 7.72. The van der Waals surface area contributed by atoms with E-state index in [9.17, 15) is 0 Å². The molecule has 0 amide bonds. The Morgan fingerprint density at radius 2 is 1.90 bits per heavy atom. The van der Waals surface area contributed by atoms with E-state index in [1.165, 1.54) is 16.5 Å². The van der Waals surface area contributed by atoms with Crippen molar-refractivity contribution in [1.82, 2.24) is 4.57 Å². The van der Waals surface area contributed by atoms with Gasteiger partial charge in [0.2, 0.25) is 0 Å². The highest BCUT2D eigenvalue weighted by Crippen LogP contribution is 2.21. The summed E-state index contributed by atoms with van der Waals surface area (Å²) < 4.78 is 2.34. The van der Waals surface area contributed by atoms with Crippen LogP contribution in [0.4, 0.5) is 0 Å². The average Bonchev–Trinajstić information content (AvgIpc) is 2.72. The zero-order chi connectivity index (χ0) is 15.5. The summed E-state index contributed by atoms with van der Waals surface area (Å²) in [5.41, 5.74) is 2.41. The van der Waals surface area contributed by atoms with Crippen molar-refractivity contribution in [3.05, 3.63) is 36.0 Å². The summed E-state index contributed by atoms with van der Waals surface area (Å²) in [6.07, 6.45) is 3.31. The highest BCUT2D eigenvalue weighted by atomic mass is 17.2. The van der Waals surface area contributed by atoms with E-state index in [4.69, 9.17) is 9.78 Å². The molecule has 0 N–H and O–H groups in total. The van der Waals surface area contributed by atoms with Crippen LogP contribution in [-0.2, 0) is 16.3 Å². The molecule has 0 aliphatic rings. The van der Waals surface area contributed by atoms with Gasteiger partial charge in [-0.3, -0.25) is 0 Å². The third kappa shape index (κ3) is 4.58. The van der Waals surface area contributed by atoms with E-state index in [1.807, 2.05) is 20.8 Å². The standard InChI is InChI=1S/C18H27NO2/c1-14(13-20-21-18(3,4)5)10-11-19-12-15(2)16-8-6-7-9-17(16)19/h6-9,12,14H,10-11,13H2,1-5H3/t14-/m0/s1. The Balaban J connectivity index is 1.87. The smallest absolute Gasteiger partial charge is 0.0952 e. The fourth-order valence-corrected chi connectivity index (χ4v) is 2.39. The molecule has 0 saturated heterocycles. The quantitative estimate of drug-likeness (QED) is 0.567. The molecular weight excluding hydrogens is 262 g/mol. The normalized spacial score (nSPS) is 13.8. The van der Waals surface area contributed by atoms with Crippen molar-refractivity contribution in [1.29, 1.82) is 0 Å². The molecule has 0 aliphatic heterocycles. The minimum absolute atomic E-state index is 0.243. The second kappa shape index (κ2) is 6.63. The zero-order valence-corrected chi connectivity index (χ0v) is 13.8. The largest absolute Gasteiger partial charge is 0.347 e. The van der Waals surface area contributed by atoms with Crippen LogP contribution in [0.3, 0.4) is 0 Å². The first-order chi connectivity index (χ1) is 9.87. The monoisotopic (exact) mass is 289 g/mol. The van der Waals surface area contributed by atoms with E-state index in [0.717, 1.165) is 13.0 Å². The molecule has 1 aromatic carbocycles. The molecule has 21 heavy (non-hydrogen) atoms. The minimum Gasteiger partial charge on any atom is -0.347 e. The van der Waals surface area contributed by atoms with Crippen LogP contribution < -0.4 is 0 Å². The van der Waals surface area contributed by atoms with E-state index in [0.29, 0.717) is 12.5 Å². The molecule has 0 aliphatic carbocycles. The minimum atomic E-state index is -0.243. The van der Waals surface area contributed by atoms with Gasteiger partial charge in [0, 0.05) is 23.6 Å². The van der Waals surface area contributed by atoms with Gasteiger partial charge >= 0.3 is 0 Å². The molecule has 2 aromatic rings. The van der Waals surface area contributed by atoms with Crippen LogP contribution in [0.15, 0.2) is 30.5 Å². The molecule has 0 unspecified atom stereocenters. The summed E-state index contributed by atoms with van der Waals surface area (Å²) in [5.74, 6) is 0.466. The van der Waals surface area contributed by atoms with Crippen molar-refractivity contribution in [2.24, 2.45) is 5.92 Å². The van der Waals surface area contributed by atoms with Crippen molar-refractivity contribution < 1.29 is 9.78 Å². The van der Waals surface area contributed by atoms with Crippen molar-refractivity contribution in [2.45, 2.75) is 53.2 Å². The Bertz CT molecular complexity index is 580. The fraction of sp³-hybridized carbons (Fsp3) is 0.556. The molecular formula is C18H27NO2. The maximum Gasteiger partial charge on any atom is 0.0952 e. The summed E-state index contributed by atoms with van der Waals surface area (Å²) in [6, 6.07) is 8.57. The van der Waals surface area contributed by atoms with Crippen LogP contribution in [0, 0.1) is 12.8 Å². The average molecular weight is 289 g/mol. The number of aromatic nitrogens is 1. The topological polar surface area (TPSA) is 23.4 Å². The zero-order valence-electron chi connectivity index (χ0n) is 13.8. The highest BCUT2D eigenvalue weighted by molar-refractivity contribution is 5.83. The van der Waals surface area contributed by atoms with E-state index in [-0.39, 0.29) is 5.60 Å². The summed E-state index contributed by atoms with van der Waals surface area (Å²) in [4.78, 5) is 10.7. The lowest BCUT2D eigenvalue weighted by Gasteiger charge is -2.19. The summed E-state index contributed by atoms with van der Waals surface area (Å²) in [5, 5.41) is 1.34. The van der Waals surface area contributed by atoms with Crippen LogP contribution in [0.1, 0.15) is 39.7 Å². The van der Waals surface area contributed by atoms with Gasteiger partial charge in [0.25, 0.3) is 0 Å². The van der Waals surface area contributed by atoms with Gasteiger partial charge < -0.3 is 4.57 Å². The molecule has 3 nitrogen and oxygen atoms in total. The van der Waals surface area contributed by atoms with Crippen LogP contribution in [0.5, 0.6) is 0 Å². The number of hydrogen-bond donors (Lipinski definition) is 0.